The molecule has 4 nitrogen and oxygen atoms in total. The molecule has 0 saturated heterocycles. The summed E-state index contributed by atoms with van der Waals surface area (Å²) >= 11 is 0. The van der Waals surface area contributed by atoms with Crippen LogP contribution in [0.1, 0.15) is 18.1 Å². The van der Waals surface area contributed by atoms with Gasteiger partial charge in [0.1, 0.15) is 11.5 Å². The molecular formula is C17H22N2O2. The maximum absolute atomic E-state index is 5.92. The number of aromatic nitrogens is 1. The van der Waals surface area contributed by atoms with Gasteiger partial charge < -0.3 is 14.8 Å². The summed E-state index contributed by atoms with van der Waals surface area (Å²) in [5.74, 6) is 1.76. The first-order chi connectivity index (χ1) is 10.3. The van der Waals surface area contributed by atoms with Gasteiger partial charge in [-0.2, -0.15) is 0 Å². The van der Waals surface area contributed by atoms with Crippen molar-refractivity contribution in [2.45, 2.75) is 19.9 Å². The van der Waals surface area contributed by atoms with Crippen molar-refractivity contribution in [2.75, 3.05) is 20.3 Å². The van der Waals surface area contributed by atoms with Gasteiger partial charge in [-0.25, -0.2) is 0 Å². The predicted octanol–water partition coefficient (Wildman–Crippen LogP) is 2.82. The lowest BCUT2D eigenvalue weighted by Gasteiger charge is -2.13. The van der Waals surface area contributed by atoms with Gasteiger partial charge in [0.2, 0.25) is 0 Å². The summed E-state index contributed by atoms with van der Waals surface area (Å²) in [7, 11) is 1.68. The minimum absolute atomic E-state index is 0.648. The Bertz CT molecular complexity index is 544. The van der Waals surface area contributed by atoms with Crippen molar-refractivity contribution in [3.63, 3.8) is 0 Å². The first-order valence-corrected chi connectivity index (χ1v) is 7.22. The highest BCUT2D eigenvalue weighted by atomic mass is 16.5. The molecular weight excluding hydrogens is 264 g/mol. The van der Waals surface area contributed by atoms with Crippen LogP contribution in [0.3, 0.4) is 0 Å². The lowest BCUT2D eigenvalue weighted by molar-refractivity contribution is 0.316. The van der Waals surface area contributed by atoms with E-state index < -0.39 is 0 Å². The number of hydrogen-bond donors (Lipinski definition) is 1. The van der Waals surface area contributed by atoms with Crippen LogP contribution in [0, 0.1) is 0 Å². The van der Waals surface area contributed by atoms with E-state index in [1.807, 2.05) is 30.3 Å². The van der Waals surface area contributed by atoms with Crippen molar-refractivity contribution in [2.24, 2.45) is 0 Å². The molecule has 0 amide bonds. The summed E-state index contributed by atoms with van der Waals surface area (Å²) < 4.78 is 11.2. The molecule has 2 aromatic rings. The normalized spacial score (nSPS) is 10.4. The molecule has 0 aliphatic carbocycles. The van der Waals surface area contributed by atoms with Crippen molar-refractivity contribution in [3.05, 3.63) is 53.9 Å². The number of rotatable bonds is 8. The molecule has 1 heterocycles. The van der Waals surface area contributed by atoms with Gasteiger partial charge in [-0.15, -0.1) is 0 Å². The fraction of sp³-hybridized carbons (Fsp3) is 0.353. The highest BCUT2D eigenvalue weighted by Crippen LogP contribution is 2.24. The molecule has 112 valence electrons. The second-order valence-corrected chi connectivity index (χ2v) is 4.71. The molecule has 0 radical (unpaired) electrons. The Hall–Kier alpha value is -2.07. The number of hydrogen-bond acceptors (Lipinski definition) is 4. The fourth-order valence-corrected chi connectivity index (χ4v) is 2.05. The van der Waals surface area contributed by atoms with Crippen LogP contribution < -0.4 is 14.8 Å². The molecule has 1 aromatic carbocycles. The highest BCUT2D eigenvalue weighted by molar-refractivity contribution is 5.40. The smallest absolute Gasteiger partial charge is 0.124 e. The third-order valence-corrected chi connectivity index (χ3v) is 3.23. The number of benzene rings is 1. The number of pyridine rings is 1. The summed E-state index contributed by atoms with van der Waals surface area (Å²) in [4.78, 5) is 4.02. The standard InChI is InChI=1S/C17H22N2O2/c1-3-18-13-15-12-16(20-2)4-5-17(15)21-11-8-14-6-9-19-10-7-14/h4-7,9-10,12,18H,3,8,11,13H2,1-2H3. The van der Waals surface area contributed by atoms with Crippen LogP contribution in [0.2, 0.25) is 0 Å². The Kier molecular flexibility index (Phi) is 6.03. The molecule has 0 unspecified atom stereocenters. The number of nitrogens with one attached hydrogen (secondary N) is 1. The third kappa shape index (κ3) is 4.76. The molecule has 21 heavy (non-hydrogen) atoms. The maximum atomic E-state index is 5.92. The molecule has 0 atom stereocenters. The molecule has 0 fully saturated rings. The second-order valence-electron chi connectivity index (χ2n) is 4.71. The van der Waals surface area contributed by atoms with Gasteiger partial charge in [0, 0.05) is 30.9 Å². The van der Waals surface area contributed by atoms with Crippen LogP contribution >= 0.6 is 0 Å². The van der Waals surface area contributed by atoms with E-state index >= 15 is 0 Å². The predicted molar refractivity (Wildman–Crippen MR) is 83.8 cm³/mol. The average Bonchev–Trinajstić information content (AvgIpc) is 2.54. The second kappa shape index (κ2) is 8.27. The fourth-order valence-electron chi connectivity index (χ4n) is 2.05. The van der Waals surface area contributed by atoms with Crippen LogP contribution in [0.4, 0.5) is 0 Å². The quantitative estimate of drug-likeness (QED) is 0.810. The van der Waals surface area contributed by atoms with Crippen LogP contribution in [-0.4, -0.2) is 25.2 Å². The van der Waals surface area contributed by atoms with Crippen LogP contribution in [0.15, 0.2) is 42.7 Å². The topological polar surface area (TPSA) is 43.4 Å². The molecule has 2 rings (SSSR count). The molecule has 0 saturated carbocycles. The molecule has 0 spiro atoms. The minimum atomic E-state index is 0.648. The SMILES string of the molecule is CCNCc1cc(OC)ccc1OCCc1ccncc1. The van der Waals surface area contributed by atoms with Crippen molar-refractivity contribution < 1.29 is 9.47 Å². The summed E-state index contributed by atoms with van der Waals surface area (Å²) in [5.41, 5.74) is 2.35. The largest absolute Gasteiger partial charge is 0.497 e. The van der Waals surface area contributed by atoms with Crippen LogP contribution in [0.5, 0.6) is 11.5 Å². The first kappa shape index (κ1) is 15.3. The van der Waals surface area contributed by atoms with Crippen molar-refractivity contribution >= 4 is 0 Å². The van der Waals surface area contributed by atoms with Gasteiger partial charge in [0.25, 0.3) is 0 Å². The zero-order valence-corrected chi connectivity index (χ0v) is 12.6. The van der Waals surface area contributed by atoms with Gasteiger partial charge in [0.05, 0.1) is 13.7 Å². The maximum Gasteiger partial charge on any atom is 0.124 e. The summed E-state index contributed by atoms with van der Waals surface area (Å²) in [6, 6.07) is 9.94. The lowest BCUT2D eigenvalue weighted by Crippen LogP contribution is -2.13. The summed E-state index contributed by atoms with van der Waals surface area (Å²) in [5, 5.41) is 3.32. The Morgan fingerprint density at radius 1 is 1.14 bits per heavy atom. The Balaban J connectivity index is 1.97. The Morgan fingerprint density at radius 3 is 2.67 bits per heavy atom. The van der Waals surface area contributed by atoms with Crippen molar-refractivity contribution in [1.29, 1.82) is 0 Å². The number of ether oxygens (including phenoxy) is 2. The molecule has 0 aliphatic rings. The zero-order chi connectivity index (χ0) is 14.9. The minimum Gasteiger partial charge on any atom is -0.497 e. The highest BCUT2D eigenvalue weighted by Gasteiger charge is 2.06. The van der Waals surface area contributed by atoms with E-state index in [9.17, 15) is 0 Å². The molecule has 1 aromatic heterocycles. The van der Waals surface area contributed by atoms with Gasteiger partial charge in [-0.05, 0) is 42.4 Å². The zero-order valence-electron chi connectivity index (χ0n) is 12.6. The van der Waals surface area contributed by atoms with E-state index in [1.54, 1.807) is 19.5 Å². The van der Waals surface area contributed by atoms with E-state index in [0.717, 1.165) is 36.6 Å². The summed E-state index contributed by atoms with van der Waals surface area (Å²) in [6.45, 7) is 4.44. The molecule has 0 aliphatic heterocycles. The van der Waals surface area contributed by atoms with Crippen LogP contribution in [0.25, 0.3) is 0 Å². The monoisotopic (exact) mass is 286 g/mol. The summed E-state index contributed by atoms with van der Waals surface area (Å²) in [6.07, 6.45) is 4.48. The van der Waals surface area contributed by atoms with Gasteiger partial charge in [-0.3, -0.25) is 4.98 Å². The van der Waals surface area contributed by atoms with Crippen LogP contribution in [-0.2, 0) is 13.0 Å². The molecule has 1 N–H and O–H groups in total. The van der Waals surface area contributed by atoms with Gasteiger partial charge in [-0.1, -0.05) is 6.92 Å². The van der Waals surface area contributed by atoms with Crippen molar-refractivity contribution in [1.82, 2.24) is 10.3 Å². The van der Waals surface area contributed by atoms with Crippen molar-refractivity contribution in [3.8, 4) is 11.5 Å². The van der Waals surface area contributed by atoms with Gasteiger partial charge >= 0.3 is 0 Å². The van der Waals surface area contributed by atoms with E-state index in [-0.39, 0.29) is 0 Å². The Labute approximate surface area is 126 Å². The van der Waals surface area contributed by atoms with E-state index in [4.69, 9.17) is 9.47 Å². The first-order valence-electron chi connectivity index (χ1n) is 7.22. The lowest BCUT2D eigenvalue weighted by atomic mass is 10.1. The van der Waals surface area contributed by atoms with E-state index in [2.05, 4.69) is 17.2 Å². The molecule has 0 bridgehead atoms. The van der Waals surface area contributed by atoms with E-state index in [1.165, 1.54) is 5.56 Å². The van der Waals surface area contributed by atoms with E-state index in [0.29, 0.717) is 6.61 Å². The Morgan fingerprint density at radius 2 is 1.95 bits per heavy atom. The number of methoxy groups -OCH3 is 1. The van der Waals surface area contributed by atoms with Gasteiger partial charge in [0.15, 0.2) is 0 Å². The molecule has 4 heteroatoms. The third-order valence-electron chi connectivity index (χ3n) is 3.23. The average molecular weight is 286 g/mol. The number of nitrogens with zero attached hydrogens (tertiary/aromatic N) is 1.